The molecule has 0 aromatic carbocycles. The lowest BCUT2D eigenvalue weighted by Gasteiger charge is -1.98. The highest BCUT2D eigenvalue weighted by Gasteiger charge is 2.09. The number of carbonyl (C=O) groups excluding carboxylic acids is 1. The van der Waals surface area contributed by atoms with E-state index in [2.05, 4.69) is 9.72 Å². The summed E-state index contributed by atoms with van der Waals surface area (Å²) in [5.41, 5.74) is 8.87. The average molecular weight is 219 g/mol. The highest BCUT2D eigenvalue weighted by Crippen LogP contribution is 2.14. The van der Waals surface area contributed by atoms with Crippen molar-refractivity contribution in [3.8, 4) is 0 Å². The van der Waals surface area contributed by atoms with Crippen LogP contribution in [-0.4, -0.2) is 22.5 Å². The van der Waals surface area contributed by atoms with Crippen molar-refractivity contribution in [1.29, 1.82) is 0 Å². The maximum Gasteiger partial charge on any atom is 0.311 e. The standard InChI is InChI=1S/C11H13N3O2/c1-7-3-8(12)5-14-6-9(13-11(7)14)4-10(15)16-2/h3,5-6H,4,12H2,1-2H3. The fourth-order valence-electron chi connectivity index (χ4n) is 1.65. The van der Waals surface area contributed by atoms with Crippen LogP contribution in [0.4, 0.5) is 5.69 Å². The molecule has 2 aromatic rings. The van der Waals surface area contributed by atoms with Gasteiger partial charge in [0.2, 0.25) is 0 Å². The van der Waals surface area contributed by atoms with Crippen LogP contribution in [0.2, 0.25) is 0 Å². The van der Waals surface area contributed by atoms with Crippen LogP contribution in [0.15, 0.2) is 18.5 Å². The number of hydrogen-bond acceptors (Lipinski definition) is 4. The van der Waals surface area contributed by atoms with Crippen molar-refractivity contribution < 1.29 is 9.53 Å². The van der Waals surface area contributed by atoms with Gasteiger partial charge in [0, 0.05) is 18.1 Å². The predicted octanol–water partition coefficient (Wildman–Crippen LogP) is 0.940. The fraction of sp³-hybridized carbons (Fsp3) is 0.273. The number of anilines is 1. The van der Waals surface area contributed by atoms with E-state index in [0.717, 1.165) is 11.2 Å². The summed E-state index contributed by atoms with van der Waals surface area (Å²) in [5.74, 6) is -0.297. The number of nitrogens with two attached hydrogens (primary N) is 1. The molecule has 0 aliphatic carbocycles. The Morgan fingerprint density at radius 3 is 3.00 bits per heavy atom. The highest BCUT2D eigenvalue weighted by atomic mass is 16.5. The first-order valence-electron chi connectivity index (χ1n) is 4.90. The van der Waals surface area contributed by atoms with Crippen molar-refractivity contribution in [1.82, 2.24) is 9.38 Å². The van der Waals surface area contributed by atoms with E-state index in [0.29, 0.717) is 11.4 Å². The maximum absolute atomic E-state index is 11.1. The first-order chi connectivity index (χ1) is 7.60. The number of hydrogen-bond donors (Lipinski definition) is 1. The van der Waals surface area contributed by atoms with Crippen LogP contribution in [0.3, 0.4) is 0 Å². The van der Waals surface area contributed by atoms with Crippen molar-refractivity contribution in [2.75, 3.05) is 12.8 Å². The number of aryl methyl sites for hydroxylation is 1. The van der Waals surface area contributed by atoms with Crippen LogP contribution in [0, 0.1) is 6.92 Å². The van der Waals surface area contributed by atoms with Crippen LogP contribution < -0.4 is 5.73 Å². The second-order valence-electron chi connectivity index (χ2n) is 3.67. The van der Waals surface area contributed by atoms with E-state index in [1.54, 1.807) is 12.4 Å². The second-order valence-corrected chi connectivity index (χ2v) is 3.67. The molecule has 5 heteroatoms. The van der Waals surface area contributed by atoms with Gasteiger partial charge in [0.25, 0.3) is 0 Å². The number of nitrogen functional groups attached to an aromatic ring is 1. The van der Waals surface area contributed by atoms with Crippen molar-refractivity contribution >= 4 is 17.3 Å². The van der Waals surface area contributed by atoms with E-state index in [9.17, 15) is 4.79 Å². The minimum Gasteiger partial charge on any atom is -0.469 e. The number of imidazole rings is 1. The van der Waals surface area contributed by atoms with Crippen LogP contribution >= 0.6 is 0 Å². The number of rotatable bonds is 2. The van der Waals surface area contributed by atoms with E-state index < -0.39 is 0 Å². The van der Waals surface area contributed by atoms with Gasteiger partial charge in [-0.3, -0.25) is 4.79 Å². The molecule has 0 saturated heterocycles. The molecule has 0 aliphatic heterocycles. The Labute approximate surface area is 92.8 Å². The predicted molar refractivity (Wildman–Crippen MR) is 60.1 cm³/mol. The molecule has 0 amide bonds. The quantitative estimate of drug-likeness (QED) is 0.763. The minimum absolute atomic E-state index is 0.178. The number of carbonyl (C=O) groups is 1. The molecular formula is C11H13N3O2. The molecule has 0 spiro atoms. The van der Waals surface area contributed by atoms with Gasteiger partial charge >= 0.3 is 5.97 Å². The Morgan fingerprint density at radius 1 is 1.56 bits per heavy atom. The number of pyridine rings is 1. The van der Waals surface area contributed by atoms with E-state index in [-0.39, 0.29) is 12.4 Å². The van der Waals surface area contributed by atoms with Crippen LogP contribution in [0.5, 0.6) is 0 Å². The monoisotopic (exact) mass is 219 g/mol. The molecule has 0 fully saturated rings. The van der Waals surface area contributed by atoms with Gasteiger partial charge in [-0.1, -0.05) is 0 Å². The van der Waals surface area contributed by atoms with E-state index in [4.69, 9.17) is 5.73 Å². The van der Waals surface area contributed by atoms with E-state index in [1.807, 2.05) is 17.4 Å². The fourth-order valence-corrected chi connectivity index (χ4v) is 1.65. The third-order valence-electron chi connectivity index (χ3n) is 2.36. The molecule has 2 heterocycles. The Balaban J connectivity index is 2.44. The number of methoxy groups -OCH3 is 1. The molecular weight excluding hydrogens is 206 g/mol. The molecule has 0 bridgehead atoms. The van der Waals surface area contributed by atoms with Crippen molar-refractivity contribution in [3.05, 3.63) is 29.7 Å². The van der Waals surface area contributed by atoms with Crippen LogP contribution in [0.25, 0.3) is 5.65 Å². The van der Waals surface area contributed by atoms with Gasteiger partial charge in [-0.25, -0.2) is 4.98 Å². The van der Waals surface area contributed by atoms with E-state index in [1.165, 1.54) is 7.11 Å². The largest absolute Gasteiger partial charge is 0.469 e. The van der Waals surface area contributed by atoms with Crippen molar-refractivity contribution in [2.45, 2.75) is 13.3 Å². The van der Waals surface area contributed by atoms with Gasteiger partial charge in [0.05, 0.1) is 19.2 Å². The Bertz CT molecular complexity index is 545. The van der Waals surface area contributed by atoms with Gasteiger partial charge in [0.1, 0.15) is 5.65 Å². The van der Waals surface area contributed by atoms with E-state index >= 15 is 0 Å². The number of nitrogens with zero attached hydrogens (tertiary/aromatic N) is 2. The highest BCUT2D eigenvalue weighted by molar-refractivity contribution is 5.72. The van der Waals surface area contributed by atoms with Crippen LogP contribution in [-0.2, 0) is 16.0 Å². The van der Waals surface area contributed by atoms with Gasteiger partial charge < -0.3 is 14.9 Å². The Morgan fingerprint density at radius 2 is 2.31 bits per heavy atom. The molecule has 0 unspecified atom stereocenters. The summed E-state index contributed by atoms with van der Waals surface area (Å²) in [7, 11) is 1.36. The average Bonchev–Trinajstić information content (AvgIpc) is 2.60. The third-order valence-corrected chi connectivity index (χ3v) is 2.36. The summed E-state index contributed by atoms with van der Waals surface area (Å²) in [5, 5.41) is 0. The SMILES string of the molecule is COC(=O)Cc1cn2cc(N)cc(C)c2n1. The summed E-state index contributed by atoms with van der Waals surface area (Å²) in [6, 6.07) is 1.85. The van der Waals surface area contributed by atoms with Gasteiger partial charge in [-0.15, -0.1) is 0 Å². The first-order valence-corrected chi connectivity index (χ1v) is 4.90. The number of fused-ring (bicyclic) bond motifs is 1. The molecule has 5 nitrogen and oxygen atoms in total. The van der Waals surface area contributed by atoms with Crippen molar-refractivity contribution in [2.24, 2.45) is 0 Å². The number of ether oxygens (including phenoxy) is 1. The summed E-state index contributed by atoms with van der Waals surface area (Å²) in [6.45, 7) is 1.93. The molecule has 0 aliphatic rings. The van der Waals surface area contributed by atoms with Gasteiger partial charge in [0.15, 0.2) is 0 Å². The zero-order valence-corrected chi connectivity index (χ0v) is 9.23. The van der Waals surface area contributed by atoms with Gasteiger partial charge in [-0.2, -0.15) is 0 Å². The first kappa shape index (κ1) is 10.5. The molecule has 2 aromatic heterocycles. The number of aromatic nitrogens is 2. The summed E-state index contributed by atoms with van der Waals surface area (Å²) in [4.78, 5) is 15.5. The molecule has 2 rings (SSSR count). The molecule has 0 atom stereocenters. The third kappa shape index (κ3) is 1.84. The van der Waals surface area contributed by atoms with Crippen molar-refractivity contribution in [3.63, 3.8) is 0 Å². The lowest BCUT2D eigenvalue weighted by atomic mass is 10.3. The van der Waals surface area contributed by atoms with Crippen LogP contribution in [0.1, 0.15) is 11.3 Å². The molecule has 2 N–H and O–H groups in total. The molecule has 0 radical (unpaired) electrons. The lowest BCUT2D eigenvalue weighted by molar-refractivity contribution is -0.139. The molecule has 16 heavy (non-hydrogen) atoms. The smallest absolute Gasteiger partial charge is 0.311 e. The van der Waals surface area contributed by atoms with Gasteiger partial charge in [-0.05, 0) is 18.6 Å². The number of esters is 1. The Hall–Kier alpha value is -2.04. The second kappa shape index (κ2) is 3.84. The Kier molecular flexibility index (Phi) is 2.52. The minimum atomic E-state index is -0.297. The maximum atomic E-state index is 11.1. The summed E-state index contributed by atoms with van der Waals surface area (Å²) in [6.07, 6.45) is 3.74. The normalized spacial score (nSPS) is 10.6. The molecule has 0 saturated carbocycles. The summed E-state index contributed by atoms with van der Waals surface area (Å²) < 4.78 is 6.41. The molecule has 84 valence electrons. The zero-order chi connectivity index (χ0) is 11.7. The topological polar surface area (TPSA) is 69.6 Å². The summed E-state index contributed by atoms with van der Waals surface area (Å²) >= 11 is 0. The zero-order valence-electron chi connectivity index (χ0n) is 9.23. The lowest BCUT2D eigenvalue weighted by Crippen LogP contribution is -2.04.